The first-order valence-corrected chi connectivity index (χ1v) is 6.20. The van der Waals surface area contributed by atoms with E-state index in [1.165, 1.54) is 6.42 Å². The van der Waals surface area contributed by atoms with Crippen LogP contribution in [0.2, 0.25) is 0 Å². The number of hydrogen-bond donors (Lipinski definition) is 2. The smallest absolute Gasteiger partial charge is 0.0613 e. The second-order valence-corrected chi connectivity index (χ2v) is 4.74. The van der Waals surface area contributed by atoms with Gasteiger partial charge >= 0.3 is 0 Å². The zero-order valence-corrected chi connectivity index (χ0v) is 9.87. The summed E-state index contributed by atoms with van der Waals surface area (Å²) in [5.74, 6) is 0.448. The predicted molar refractivity (Wildman–Crippen MR) is 61.7 cm³/mol. The number of aliphatic hydroxyl groups excluding tert-OH is 1. The van der Waals surface area contributed by atoms with Crippen molar-refractivity contribution < 1.29 is 9.84 Å². The minimum absolute atomic E-state index is 0.118. The Labute approximate surface area is 93.0 Å². The normalized spacial score (nSPS) is 31.0. The Bertz CT molecular complexity index is 175. The van der Waals surface area contributed by atoms with Crippen LogP contribution in [0.15, 0.2) is 0 Å². The third-order valence-electron chi connectivity index (χ3n) is 3.56. The van der Waals surface area contributed by atoms with E-state index in [1.54, 1.807) is 0 Å². The molecule has 1 aliphatic rings. The van der Waals surface area contributed by atoms with Gasteiger partial charge in [0.1, 0.15) is 0 Å². The molecule has 1 saturated carbocycles. The van der Waals surface area contributed by atoms with Crippen molar-refractivity contribution in [2.45, 2.75) is 51.0 Å². The molecule has 0 aromatic heterocycles. The first-order valence-electron chi connectivity index (χ1n) is 6.20. The number of hydrogen-bond acceptors (Lipinski definition) is 3. The average molecular weight is 215 g/mol. The van der Waals surface area contributed by atoms with Gasteiger partial charge in [0.05, 0.1) is 6.61 Å². The zero-order valence-electron chi connectivity index (χ0n) is 9.87. The lowest BCUT2D eigenvalue weighted by molar-refractivity contribution is 0.0928. The standard InChI is InChI=1S/C12H25NO2/c1-2-3-8-15-9-6-11-5-4-7-12(11,13)10-14/h11,14H,2-10,13H2,1H3. The van der Waals surface area contributed by atoms with Crippen LogP contribution in [0.25, 0.3) is 0 Å². The van der Waals surface area contributed by atoms with E-state index < -0.39 is 0 Å². The number of rotatable bonds is 7. The molecule has 2 atom stereocenters. The molecule has 3 N–H and O–H groups in total. The Morgan fingerprint density at radius 2 is 2.27 bits per heavy atom. The molecule has 3 heteroatoms. The maximum absolute atomic E-state index is 9.27. The lowest BCUT2D eigenvalue weighted by Gasteiger charge is -2.29. The van der Waals surface area contributed by atoms with E-state index in [1.807, 2.05) is 0 Å². The van der Waals surface area contributed by atoms with E-state index in [0.29, 0.717) is 5.92 Å². The van der Waals surface area contributed by atoms with Gasteiger partial charge in [0.2, 0.25) is 0 Å². The van der Waals surface area contributed by atoms with Gasteiger partial charge in [-0.1, -0.05) is 19.8 Å². The number of ether oxygens (including phenoxy) is 1. The van der Waals surface area contributed by atoms with Crippen molar-refractivity contribution in [3.8, 4) is 0 Å². The summed E-state index contributed by atoms with van der Waals surface area (Å²) < 4.78 is 5.54. The van der Waals surface area contributed by atoms with Crippen LogP contribution in [-0.2, 0) is 4.74 Å². The monoisotopic (exact) mass is 215 g/mol. The van der Waals surface area contributed by atoms with Gasteiger partial charge in [0.15, 0.2) is 0 Å². The maximum Gasteiger partial charge on any atom is 0.0613 e. The third-order valence-corrected chi connectivity index (χ3v) is 3.56. The molecule has 0 saturated heterocycles. The molecule has 90 valence electrons. The van der Waals surface area contributed by atoms with E-state index in [2.05, 4.69) is 6.92 Å². The van der Waals surface area contributed by atoms with Gasteiger partial charge in [-0.05, 0) is 31.6 Å². The van der Waals surface area contributed by atoms with Crippen LogP contribution < -0.4 is 5.73 Å². The molecule has 15 heavy (non-hydrogen) atoms. The summed E-state index contributed by atoms with van der Waals surface area (Å²) in [5.41, 5.74) is 5.81. The molecule has 1 aliphatic carbocycles. The second-order valence-electron chi connectivity index (χ2n) is 4.74. The minimum atomic E-state index is -0.325. The van der Waals surface area contributed by atoms with Crippen LogP contribution in [-0.4, -0.2) is 30.5 Å². The molecule has 0 spiro atoms. The van der Waals surface area contributed by atoms with Crippen molar-refractivity contribution in [2.24, 2.45) is 11.7 Å². The molecule has 0 radical (unpaired) electrons. The highest BCUT2D eigenvalue weighted by molar-refractivity contribution is 4.95. The van der Waals surface area contributed by atoms with Gasteiger partial charge in [-0.25, -0.2) is 0 Å². The number of nitrogens with two attached hydrogens (primary N) is 1. The van der Waals surface area contributed by atoms with Gasteiger partial charge < -0.3 is 15.6 Å². The van der Waals surface area contributed by atoms with Crippen LogP contribution in [0, 0.1) is 5.92 Å². The summed E-state index contributed by atoms with van der Waals surface area (Å²) >= 11 is 0. The molecular weight excluding hydrogens is 190 g/mol. The lowest BCUT2D eigenvalue weighted by atomic mass is 9.87. The highest BCUT2D eigenvalue weighted by atomic mass is 16.5. The van der Waals surface area contributed by atoms with Gasteiger partial charge in [0.25, 0.3) is 0 Å². The average Bonchev–Trinajstić information content (AvgIpc) is 2.61. The molecule has 0 aromatic carbocycles. The number of unbranched alkanes of at least 4 members (excludes halogenated alkanes) is 1. The summed E-state index contributed by atoms with van der Waals surface area (Å²) in [6.45, 7) is 3.94. The Morgan fingerprint density at radius 3 is 2.93 bits per heavy atom. The minimum Gasteiger partial charge on any atom is -0.394 e. The van der Waals surface area contributed by atoms with Crippen LogP contribution in [0.1, 0.15) is 45.4 Å². The number of aliphatic hydroxyl groups is 1. The molecule has 0 amide bonds. The van der Waals surface area contributed by atoms with Crippen molar-refractivity contribution in [3.05, 3.63) is 0 Å². The van der Waals surface area contributed by atoms with Crippen LogP contribution in [0.5, 0.6) is 0 Å². The van der Waals surface area contributed by atoms with Gasteiger partial charge in [-0.3, -0.25) is 0 Å². The molecule has 0 bridgehead atoms. The van der Waals surface area contributed by atoms with Gasteiger partial charge in [-0.15, -0.1) is 0 Å². The summed E-state index contributed by atoms with van der Waals surface area (Å²) in [4.78, 5) is 0. The fourth-order valence-corrected chi connectivity index (χ4v) is 2.38. The van der Waals surface area contributed by atoms with Crippen LogP contribution >= 0.6 is 0 Å². The van der Waals surface area contributed by atoms with Gasteiger partial charge in [0, 0.05) is 18.8 Å². The van der Waals surface area contributed by atoms with Crippen molar-refractivity contribution >= 4 is 0 Å². The van der Waals surface area contributed by atoms with E-state index in [9.17, 15) is 5.11 Å². The Kier molecular flexibility index (Phi) is 5.58. The molecule has 1 fully saturated rings. The molecule has 0 aromatic rings. The Balaban J connectivity index is 2.15. The molecular formula is C12H25NO2. The first-order chi connectivity index (χ1) is 7.23. The van der Waals surface area contributed by atoms with Crippen LogP contribution in [0.4, 0.5) is 0 Å². The van der Waals surface area contributed by atoms with Crippen LogP contribution in [0.3, 0.4) is 0 Å². The Hall–Kier alpha value is -0.120. The summed E-state index contributed by atoms with van der Waals surface area (Å²) in [5, 5.41) is 9.27. The molecule has 2 unspecified atom stereocenters. The van der Waals surface area contributed by atoms with Crippen molar-refractivity contribution in [2.75, 3.05) is 19.8 Å². The lowest BCUT2D eigenvalue weighted by Crippen LogP contribution is -2.47. The summed E-state index contributed by atoms with van der Waals surface area (Å²) in [6, 6.07) is 0. The first kappa shape index (κ1) is 12.9. The van der Waals surface area contributed by atoms with E-state index in [0.717, 1.165) is 45.3 Å². The van der Waals surface area contributed by atoms with Crippen molar-refractivity contribution in [3.63, 3.8) is 0 Å². The predicted octanol–water partition coefficient (Wildman–Crippen LogP) is 1.68. The van der Waals surface area contributed by atoms with Gasteiger partial charge in [-0.2, -0.15) is 0 Å². The molecule has 3 nitrogen and oxygen atoms in total. The highest BCUT2D eigenvalue weighted by Crippen LogP contribution is 2.35. The molecule has 0 aliphatic heterocycles. The largest absolute Gasteiger partial charge is 0.394 e. The molecule has 0 heterocycles. The van der Waals surface area contributed by atoms with E-state index in [-0.39, 0.29) is 12.1 Å². The highest BCUT2D eigenvalue weighted by Gasteiger charge is 2.38. The van der Waals surface area contributed by atoms with E-state index >= 15 is 0 Å². The van der Waals surface area contributed by atoms with Crippen molar-refractivity contribution in [1.29, 1.82) is 0 Å². The zero-order chi connectivity index (χ0) is 11.1. The topological polar surface area (TPSA) is 55.5 Å². The fraction of sp³-hybridized carbons (Fsp3) is 1.00. The van der Waals surface area contributed by atoms with E-state index in [4.69, 9.17) is 10.5 Å². The Morgan fingerprint density at radius 1 is 1.47 bits per heavy atom. The van der Waals surface area contributed by atoms with Crippen molar-refractivity contribution in [1.82, 2.24) is 0 Å². The maximum atomic E-state index is 9.27. The summed E-state index contributed by atoms with van der Waals surface area (Å²) in [7, 11) is 0. The quantitative estimate of drug-likeness (QED) is 0.635. The second kappa shape index (κ2) is 6.46. The third kappa shape index (κ3) is 3.74. The SMILES string of the molecule is CCCCOCCC1CCCC1(N)CO. The molecule has 1 rings (SSSR count). The fourth-order valence-electron chi connectivity index (χ4n) is 2.38. The summed E-state index contributed by atoms with van der Waals surface area (Å²) in [6.07, 6.45) is 6.58.